The Labute approximate surface area is 321 Å². The van der Waals surface area contributed by atoms with Crippen molar-refractivity contribution in [2.45, 2.75) is 0 Å². The van der Waals surface area contributed by atoms with Crippen LogP contribution in [0.2, 0.25) is 0 Å². The van der Waals surface area contributed by atoms with Gasteiger partial charge in [0.05, 0.1) is 67.9 Å². The standard InChI is InChI=1S/C44H34N4O8/c1-53-38-24-22-36(48-38)41(27-9-15-30(16-10-27)44(52)56-4)34-20-18-32(46-34)39(25-5-11-28(12-6-25)42(50)54-2)31-17-19-33(45-31)40(35-21-23-37(49)47-35)26-7-13-29(14-8-26)43(51)55-3/h5-24,46H,1-4H3,(H,47,49)/b39-31-,40-35+,41-36+. The highest BCUT2D eigenvalue weighted by Gasteiger charge is 2.24. The van der Waals surface area contributed by atoms with Gasteiger partial charge in [-0.15, -0.1) is 0 Å². The number of carbonyl (C=O) groups is 4. The maximum Gasteiger partial charge on any atom is 0.337 e. The second kappa shape index (κ2) is 15.8. The van der Waals surface area contributed by atoms with Gasteiger partial charge in [-0.25, -0.2) is 24.4 Å². The van der Waals surface area contributed by atoms with Crippen LogP contribution in [-0.2, 0) is 23.7 Å². The van der Waals surface area contributed by atoms with Crippen LogP contribution in [0.4, 0.5) is 0 Å². The van der Waals surface area contributed by atoms with Gasteiger partial charge in [-0.05, 0) is 89.5 Å². The van der Waals surface area contributed by atoms with Crippen LogP contribution in [0.1, 0.15) is 59.2 Å². The molecule has 278 valence electrons. The van der Waals surface area contributed by atoms with Gasteiger partial charge in [0.2, 0.25) is 11.8 Å². The van der Waals surface area contributed by atoms with Gasteiger partial charge in [-0.2, -0.15) is 0 Å². The molecular weight excluding hydrogens is 713 g/mol. The molecule has 2 N–H and O–H groups in total. The number of aromatic nitrogens is 1. The maximum absolute atomic E-state index is 12.4. The second-order valence-electron chi connectivity index (χ2n) is 12.4. The minimum atomic E-state index is -0.469. The van der Waals surface area contributed by atoms with E-state index in [9.17, 15) is 19.2 Å². The molecule has 0 atom stereocenters. The molecule has 3 aromatic carbocycles. The Balaban J connectivity index is 1.38. The van der Waals surface area contributed by atoms with Crippen molar-refractivity contribution in [1.29, 1.82) is 0 Å². The lowest BCUT2D eigenvalue weighted by Gasteiger charge is -2.13. The zero-order chi connectivity index (χ0) is 39.3. The fourth-order valence-corrected chi connectivity index (χ4v) is 6.44. The normalized spacial score (nSPS) is 16.9. The molecule has 12 nitrogen and oxygen atoms in total. The lowest BCUT2D eigenvalue weighted by molar-refractivity contribution is -0.115. The molecule has 0 saturated heterocycles. The summed E-state index contributed by atoms with van der Waals surface area (Å²) >= 11 is 0. The molecule has 0 unspecified atom stereocenters. The van der Waals surface area contributed by atoms with Crippen LogP contribution >= 0.6 is 0 Å². The van der Waals surface area contributed by atoms with E-state index in [1.54, 1.807) is 67.8 Å². The first-order valence-electron chi connectivity index (χ1n) is 17.3. The minimum absolute atomic E-state index is 0.267. The molecule has 12 heteroatoms. The summed E-state index contributed by atoms with van der Waals surface area (Å²) in [5, 5.41) is 2.89. The molecule has 0 spiro atoms. The molecule has 0 radical (unpaired) electrons. The molecule has 0 bridgehead atoms. The number of H-pyrrole nitrogens is 1. The summed E-state index contributed by atoms with van der Waals surface area (Å²) in [5.74, 6) is -1.21. The molecule has 56 heavy (non-hydrogen) atoms. The minimum Gasteiger partial charge on any atom is -0.481 e. The van der Waals surface area contributed by atoms with Crippen molar-refractivity contribution in [1.82, 2.24) is 10.3 Å². The number of hydrogen-bond donors (Lipinski definition) is 2. The highest BCUT2D eigenvalue weighted by molar-refractivity contribution is 6.32. The lowest BCUT2D eigenvalue weighted by atomic mass is 9.97. The van der Waals surface area contributed by atoms with Crippen LogP contribution < -0.4 is 5.32 Å². The largest absolute Gasteiger partial charge is 0.481 e. The molecular formula is C44H34N4O8. The Morgan fingerprint density at radius 1 is 0.482 bits per heavy atom. The first-order valence-corrected chi connectivity index (χ1v) is 17.3. The number of aliphatic imine (C=N–C) groups is 2. The Hall–Kier alpha value is -7.60. The summed E-state index contributed by atoms with van der Waals surface area (Å²) < 4.78 is 20.1. The third-order valence-corrected chi connectivity index (χ3v) is 9.17. The Morgan fingerprint density at radius 2 is 0.911 bits per heavy atom. The number of allylic oxidation sites excluding steroid dienone is 5. The predicted molar refractivity (Wildman–Crippen MR) is 211 cm³/mol. The van der Waals surface area contributed by atoms with E-state index in [0.717, 1.165) is 16.7 Å². The zero-order valence-electron chi connectivity index (χ0n) is 30.7. The van der Waals surface area contributed by atoms with Gasteiger partial charge in [-0.1, -0.05) is 36.4 Å². The van der Waals surface area contributed by atoms with Crippen molar-refractivity contribution in [3.8, 4) is 0 Å². The number of aromatic amines is 1. The van der Waals surface area contributed by atoms with Gasteiger partial charge in [0, 0.05) is 40.3 Å². The molecule has 0 saturated carbocycles. The smallest absolute Gasteiger partial charge is 0.337 e. The molecule has 4 heterocycles. The summed E-state index contributed by atoms with van der Waals surface area (Å²) in [5.41, 5.74) is 9.27. The second-order valence-corrected chi connectivity index (χ2v) is 12.4. The average molecular weight is 747 g/mol. The van der Waals surface area contributed by atoms with Crippen molar-refractivity contribution in [2.75, 3.05) is 28.4 Å². The van der Waals surface area contributed by atoms with E-state index in [2.05, 4.69) is 15.3 Å². The van der Waals surface area contributed by atoms with Crippen LogP contribution in [-0.4, -0.2) is 68.8 Å². The number of hydrogen-bond acceptors (Lipinski definition) is 10. The monoisotopic (exact) mass is 746 g/mol. The highest BCUT2D eigenvalue weighted by atomic mass is 16.5. The van der Waals surface area contributed by atoms with Gasteiger partial charge in [0.25, 0.3) is 0 Å². The Bertz CT molecular complexity index is 2530. The van der Waals surface area contributed by atoms with Crippen molar-refractivity contribution in [2.24, 2.45) is 9.98 Å². The quantitative estimate of drug-likeness (QED) is 0.143. The van der Waals surface area contributed by atoms with E-state index >= 15 is 0 Å². The van der Waals surface area contributed by atoms with Crippen molar-refractivity contribution >= 4 is 52.1 Å². The summed E-state index contributed by atoms with van der Waals surface area (Å²) in [4.78, 5) is 62.5. The van der Waals surface area contributed by atoms with Gasteiger partial charge in [-0.3, -0.25) is 4.79 Å². The van der Waals surface area contributed by atoms with Crippen LogP contribution in [0.15, 0.2) is 148 Å². The molecule has 4 aromatic rings. The van der Waals surface area contributed by atoms with E-state index in [1.807, 2.05) is 54.6 Å². The molecule has 7 rings (SSSR count). The van der Waals surface area contributed by atoms with Crippen molar-refractivity contribution in [3.05, 3.63) is 183 Å². The Morgan fingerprint density at radius 3 is 1.32 bits per heavy atom. The molecule has 0 fully saturated rings. The topological polar surface area (TPSA) is 158 Å². The summed E-state index contributed by atoms with van der Waals surface area (Å²) in [6.07, 6.45) is 10.5. The van der Waals surface area contributed by atoms with E-state index < -0.39 is 17.9 Å². The van der Waals surface area contributed by atoms with E-state index in [1.165, 1.54) is 27.4 Å². The van der Waals surface area contributed by atoms with Gasteiger partial charge in [0.15, 0.2) is 0 Å². The molecule has 1 amide bonds. The maximum atomic E-state index is 12.4. The number of ether oxygens (including phenoxy) is 4. The summed E-state index contributed by atoms with van der Waals surface area (Å²) in [6.45, 7) is 0. The fraction of sp³-hybridized carbons (Fsp3) is 0.0909. The number of nitrogens with one attached hydrogen (secondary N) is 2. The number of amides is 1. The molecule has 3 aliphatic rings. The van der Waals surface area contributed by atoms with Crippen LogP contribution in [0.5, 0.6) is 0 Å². The molecule has 1 aromatic heterocycles. The third-order valence-electron chi connectivity index (χ3n) is 9.17. The van der Waals surface area contributed by atoms with Crippen LogP contribution in [0, 0.1) is 0 Å². The lowest BCUT2D eigenvalue weighted by Crippen LogP contribution is -2.16. The number of methoxy groups -OCH3 is 4. The number of esters is 3. The summed E-state index contributed by atoms with van der Waals surface area (Å²) in [7, 11) is 5.53. The van der Waals surface area contributed by atoms with Crippen molar-refractivity contribution in [3.63, 3.8) is 0 Å². The predicted octanol–water partition coefficient (Wildman–Crippen LogP) is 6.62. The van der Waals surface area contributed by atoms with Gasteiger partial charge >= 0.3 is 17.9 Å². The first kappa shape index (κ1) is 36.7. The van der Waals surface area contributed by atoms with Crippen LogP contribution in [0.25, 0.3) is 16.7 Å². The van der Waals surface area contributed by atoms with Crippen LogP contribution in [0.3, 0.4) is 0 Å². The van der Waals surface area contributed by atoms with E-state index in [4.69, 9.17) is 23.9 Å². The number of nitrogens with zero attached hydrogens (tertiary/aromatic N) is 2. The number of carbonyl (C=O) groups excluding carboxylic acids is 4. The van der Waals surface area contributed by atoms with Gasteiger partial charge < -0.3 is 29.2 Å². The number of benzene rings is 3. The average Bonchev–Trinajstić information content (AvgIpc) is 4.08. The summed E-state index contributed by atoms with van der Waals surface area (Å²) in [6, 6.07) is 24.8. The van der Waals surface area contributed by atoms with E-state index in [0.29, 0.717) is 73.5 Å². The molecule has 0 aliphatic carbocycles. The first-order chi connectivity index (χ1) is 27.2. The van der Waals surface area contributed by atoms with Crippen molar-refractivity contribution < 1.29 is 38.1 Å². The zero-order valence-corrected chi connectivity index (χ0v) is 30.7. The number of rotatable bonds is 9. The van der Waals surface area contributed by atoms with Gasteiger partial charge in [0.1, 0.15) is 0 Å². The molecule has 3 aliphatic heterocycles. The fourth-order valence-electron chi connectivity index (χ4n) is 6.44. The highest BCUT2D eigenvalue weighted by Crippen LogP contribution is 2.36. The SMILES string of the molecule is COC(=O)c1ccc(/C(=C2\C=CC(C(=C3\C=CC(=O)N3)/c3ccc(C(=O)OC)cc3)=N2)c2ccc(/C(=C3\C=CC(OC)=N3)c3ccc(C(=O)OC)cc3)[nH]2)cc1. The Kier molecular flexibility index (Phi) is 10.4. The third kappa shape index (κ3) is 7.31. The van der Waals surface area contributed by atoms with E-state index in [-0.39, 0.29) is 5.91 Å².